The van der Waals surface area contributed by atoms with Gasteiger partial charge in [0.1, 0.15) is 0 Å². The second kappa shape index (κ2) is 2.52. The quantitative estimate of drug-likeness (QED) is 0.214. The fraction of sp³-hybridized carbons (Fsp3) is 0.200. The summed E-state index contributed by atoms with van der Waals surface area (Å²) in [6.07, 6.45) is 0.394. The lowest BCUT2D eigenvalue weighted by atomic mass is 10.2. The first-order valence-electron chi connectivity index (χ1n) is 2.12. The van der Waals surface area contributed by atoms with E-state index in [1.54, 1.807) is 0 Å². The highest BCUT2D eigenvalue weighted by Gasteiger charge is 2.29. The summed E-state index contributed by atoms with van der Waals surface area (Å²) in [6, 6.07) is 0. The van der Waals surface area contributed by atoms with Gasteiger partial charge < -0.3 is 10.2 Å². The van der Waals surface area contributed by atoms with Crippen LogP contribution in [0, 0.1) is 0 Å². The molecule has 2 N–H and O–H groups in total. The zero-order valence-electron chi connectivity index (χ0n) is 4.57. The summed E-state index contributed by atoms with van der Waals surface area (Å²) in [5.74, 6) is -4.01. The second-order valence-electron chi connectivity index (χ2n) is 1.41. The van der Waals surface area contributed by atoms with Crippen LogP contribution < -0.4 is 0 Å². The van der Waals surface area contributed by atoms with Crippen LogP contribution >= 0.6 is 0 Å². The summed E-state index contributed by atoms with van der Waals surface area (Å²) in [4.78, 5) is 19.9. The van der Waals surface area contributed by atoms with Crippen LogP contribution in [-0.2, 0) is 9.59 Å². The summed E-state index contributed by atoms with van der Waals surface area (Å²) in [6.45, 7) is 2.95. The zero-order valence-corrected chi connectivity index (χ0v) is 4.57. The summed E-state index contributed by atoms with van der Waals surface area (Å²) in [5.41, 5.74) is 0. The van der Waals surface area contributed by atoms with Crippen LogP contribution in [0.5, 0.6) is 0 Å². The van der Waals surface area contributed by atoms with Crippen molar-refractivity contribution in [2.24, 2.45) is 0 Å². The molecule has 50 valence electrons. The normalized spacial score (nSPS) is 10.4. The number of hydrogen-bond acceptors (Lipinski definition) is 4. The van der Waals surface area contributed by atoms with Crippen LogP contribution in [0.2, 0.25) is 0 Å². The van der Waals surface area contributed by atoms with Gasteiger partial charge in [0.05, 0.1) is 0 Å². The Labute approximate surface area is 51.4 Å². The van der Waals surface area contributed by atoms with Crippen LogP contribution in [-0.4, -0.2) is 28.1 Å². The Bertz CT molecular complexity index is 147. The van der Waals surface area contributed by atoms with Gasteiger partial charge in [-0.25, -0.2) is 0 Å². The van der Waals surface area contributed by atoms with Crippen molar-refractivity contribution < 1.29 is 19.8 Å². The Morgan fingerprint density at radius 3 is 2.11 bits per heavy atom. The van der Waals surface area contributed by atoms with Gasteiger partial charge in [-0.3, -0.25) is 9.59 Å². The fourth-order valence-corrected chi connectivity index (χ4v) is 0.208. The minimum Gasteiger partial charge on any atom is -0.354 e. The van der Waals surface area contributed by atoms with Crippen LogP contribution in [0.1, 0.15) is 0 Å². The SMILES string of the molecule is C=CC(=O)C(O)(O)C=O. The van der Waals surface area contributed by atoms with E-state index in [0.717, 1.165) is 0 Å². The maximum Gasteiger partial charge on any atom is 0.286 e. The van der Waals surface area contributed by atoms with Crippen LogP contribution in [0.15, 0.2) is 12.7 Å². The molecule has 0 aliphatic carbocycles. The molecule has 0 aliphatic rings. The third-order valence-corrected chi connectivity index (χ3v) is 0.712. The summed E-state index contributed by atoms with van der Waals surface area (Å²) in [5, 5.41) is 16.7. The van der Waals surface area contributed by atoms with Gasteiger partial charge >= 0.3 is 0 Å². The standard InChI is InChI=1S/C5H6O4/c1-2-4(7)5(8,9)3-6/h2-3,8-9H,1H2. The Hall–Kier alpha value is -1.00. The smallest absolute Gasteiger partial charge is 0.286 e. The van der Waals surface area contributed by atoms with E-state index in [2.05, 4.69) is 6.58 Å². The van der Waals surface area contributed by atoms with Gasteiger partial charge in [-0.05, 0) is 6.08 Å². The first-order chi connectivity index (χ1) is 4.04. The number of rotatable bonds is 3. The average molecular weight is 130 g/mol. The second-order valence-corrected chi connectivity index (χ2v) is 1.41. The highest BCUT2D eigenvalue weighted by molar-refractivity contribution is 6.05. The molecule has 0 unspecified atom stereocenters. The molecule has 0 heterocycles. The van der Waals surface area contributed by atoms with Gasteiger partial charge in [-0.15, -0.1) is 0 Å². The van der Waals surface area contributed by atoms with Crippen molar-refractivity contribution in [2.45, 2.75) is 5.79 Å². The maximum absolute atomic E-state index is 10.2. The molecule has 0 saturated heterocycles. The highest BCUT2D eigenvalue weighted by Crippen LogP contribution is 1.95. The van der Waals surface area contributed by atoms with Crippen molar-refractivity contribution in [3.8, 4) is 0 Å². The van der Waals surface area contributed by atoms with Gasteiger partial charge in [0.15, 0.2) is 6.29 Å². The Balaban J connectivity index is 4.31. The van der Waals surface area contributed by atoms with E-state index in [0.29, 0.717) is 6.08 Å². The number of aliphatic hydroxyl groups is 2. The third-order valence-electron chi connectivity index (χ3n) is 0.712. The topological polar surface area (TPSA) is 74.6 Å². The number of ketones is 1. The van der Waals surface area contributed by atoms with Crippen LogP contribution in [0.3, 0.4) is 0 Å². The molecule has 0 radical (unpaired) electrons. The average Bonchev–Trinajstić information content (AvgIpc) is 1.86. The van der Waals surface area contributed by atoms with Crippen molar-refractivity contribution in [1.82, 2.24) is 0 Å². The molecule has 4 nitrogen and oxygen atoms in total. The minimum absolute atomic E-state index is 0.267. The molecule has 0 aromatic rings. The number of carbonyl (C=O) groups excluding carboxylic acids is 2. The summed E-state index contributed by atoms with van der Waals surface area (Å²) in [7, 11) is 0. The predicted molar refractivity (Wildman–Crippen MR) is 28.4 cm³/mol. The Kier molecular flexibility index (Phi) is 2.24. The first-order valence-corrected chi connectivity index (χ1v) is 2.12. The van der Waals surface area contributed by atoms with Crippen molar-refractivity contribution in [3.05, 3.63) is 12.7 Å². The number of carbonyl (C=O) groups is 2. The lowest BCUT2D eigenvalue weighted by Gasteiger charge is -2.07. The van der Waals surface area contributed by atoms with Gasteiger partial charge in [0, 0.05) is 0 Å². The molecule has 0 aromatic carbocycles. The van der Waals surface area contributed by atoms with Crippen molar-refractivity contribution in [2.75, 3.05) is 0 Å². The molecule has 0 saturated carbocycles. The maximum atomic E-state index is 10.2. The van der Waals surface area contributed by atoms with Crippen LogP contribution in [0.4, 0.5) is 0 Å². The monoisotopic (exact) mass is 130 g/mol. The molecular formula is C5H6O4. The van der Waals surface area contributed by atoms with Gasteiger partial charge in [-0.1, -0.05) is 6.58 Å². The molecule has 0 bridgehead atoms. The molecular weight excluding hydrogens is 124 g/mol. The molecule has 0 amide bonds. The van der Waals surface area contributed by atoms with Crippen molar-refractivity contribution in [1.29, 1.82) is 0 Å². The van der Waals surface area contributed by atoms with E-state index in [1.807, 2.05) is 0 Å². The zero-order chi connectivity index (χ0) is 7.49. The number of hydrogen-bond donors (Lipinski definition) is 2. The van der Waals surface area contributed by atoms with E-state index in [9.17, 15) is 9.59 Å². The molecule has 4 heteroatoms. The minimum atomic E-state index is -2.89. The first kappa shape index (κ1) is 8.00. The lowest BCUT2D eigenvalue weighted by molar-refractivity contribution is -0.176. The lowest BCUT2D eigenvalue weighted by Crippen LogP contribution is -2.38. The summed E-state index contributed by atoms with van der Waals surface area (Å²) >= 11 is 0. The van der Waals surface area contributed by atoms with Crippen LogP contribution in [0.25, 0.3) is 0 Å². The molecule has 0 aromatic heterocycles. The van der Waals surface area contributed by atoms with Gasteiger partial charge in [-0.2, -0.15) is 0 Å². The molecule has 0 atom stereocenters. The largest absolute Gasteiger partial charge is 0.354 e. The third kappa shape index (κ3) is 1.75. The van der Waals surface area contributed by atoms with E-state index in [4.69, 9.17) is 10.2 Å². The number of aldehydes is 1. The van der Waals surface area contributed by atoms with Gasteiger partial charge in [0.2, 0.25) is 5.78 Å². The highest BCUT2D eigenvalue weighted by atomic mass is 16.5. The van der Waals surface area contributed by atoms with E-state index in [-0.39, 0.29) is 6.29 Å². The van der Waals surface area contributed by atoms with E-state index >= 15 is 0 Å². The Morgan fingerprint density at radius 1 is 1.56 bits per heavy atom. The Morgan fingerprint density at radius 2 is 2.00 bits per heavy atom. The molecule has 0 rings (SSSR count). The fourth-order valence-electron chi connectivity index (χ4n) is 0.208. The van der Waals surface area contributed by atoms with Crippen molar-refractivity contribution in [3.63, 3.8) is 0 Å². The van der Waals surface area contributed by atoms with E-state index < -0.39 is 11.6 Å². The molecule has 0 aliphatic heterocycles. The van der Waals surface area contributed by atoms with E-state index in [1.165, 1.54) is 0 Å². The van der Waals surface area contributed by atoms with Crippen molar-refractivity contribution >= 4 is 12.1 Å². The molecule has 0 fully saturated rings. The summed E-state index contributed by atoms with van der Waals surface area (Å²) < 4.78 is 0. The van der Waals surface area contributed by atoms with Gasteiger partial charge in [0.25, 0.3) is 5.79 Å². The molecule has 9 heavy (non-hydrogen) atoms. The molecule has 0 spiro atoms. The predicted octanol–water partition coefficient (Wildman–Crippen LogP) is -1.38.